The van der Waals surface area contributed by atoms with Gasteiger partial charge in [-0.2, -0.15) is 5.10 Å². The number of allylic oxidation sites excluding steroid dienone is 1. The van der Waals surface area contributed by atoms with Crippen molar-refractivity contribution in [2.75, 3.05) is 13.2 Å². The van der Waals surface area contributed by atoms with Crippen molar-refractivity contribution in [1.29, 1.82) is 0 Å². The highest BCUT2D eigenvalue weighted by Crippen LogP contribution is 2.51. The Morgan fingerprint density at radius 3 is 2.49 bits per heavy atom. The molecule has 1 unspecified atom stereocenters. The first-order valence-corrected chi connectivity index (χ1v) is 15.8. The van der Waals surface area contributed by atoms with Gasteiger partial charge >= 0.3 is 0 Å². The van der Waals surface area contributed by atoms with Gasteiger partial charge in [0, 0.05) is 28.7 Å². The molecule has 1 fully saturated rings. The number of hydrogen-bond donors (Lipinski definition) is 0. The lowest BCUT2D eigenvalue weighted by Gasteiger charge is -2.47. The van der Waals surface area contributed by atoms with Crippen LogP contribution in [0.25, 0.3) is 11.8 Å². The van der Waals surface area contributed by atoms with Crippen LogP contribution in [0.4, 0.5) is 13.2 Å². The second kappa shape index (κ2) is 11.4. The van der Waals surface area contributed by atoms with E-state index < -0.39 is 33.7 Å². The van der Waals surface area contributed by atoms with Crippen LogP contribution in [0.1, 0.15) is 41.0 Å². The summed E-state index contributed by atoms with van der Waals surface area (Å²) in [6, 6.07) is 13.8. The summed E-state index contributed by atoms with van der Waals surface area (Å²) in [5.74, 6) is 2.89. The van der Waals surface area contributed by atoms with E-state index >= 15 is 0 Å². The fourth-order valence-electron chi connectivity index (χ4n) is 6.33. The molecule has 43 heavy (non-hydrogen) atoms. The van der Waals surface area contributed by atoms with Crippen LogP contribution in [-0.2, 0) is 16.1 Å². The molecule has 2 aromatic heterocycles. The molecule has 6 rings (SSSR count). The van der Waals surface area contributed by atoms with Crippen molar-refractivity contribution in [3.8, 4) is 5.69 Å². The van der Waals surface area contributed by atoms with E-state index in [0.29, 0.717) is 23.6 Å². The number of nitrogens with zero attached hydrogens (tertiary/aromatic N) is 4. The molecule has 11 heteroatoms. The number of rotatable bonds is 8. The third kappa shape index (κ3) is 5.32. The normalized spacial score (nSPS) is 21.0. The predicted molar refractivity (Wildman–Crippen MR) is 161 cm³/mol. The number of carbonyl (C=O) groups is 1. The number of pyridine rings is 1. The van der Waals surface area contributed by atoms with Gasteiger partial charge in [0.15, 0.2) is 5.78 Å². The molecule has 3 atom stereocenters. The topological polar surface area (TPSA) is 68.1 Å². The van der Waals surface area contributed by atoms with E-state index in [1.807, 2.05) is 6.08 Å². The molecular weight excluding hydrogens is 597 g/mol. The van der Waals surface area contributed by atoms with Crippen LogP contribution < -0.4 is 0 Å². The fourth-order valence-corrected chi connectivity index (χ4v) is 8.35. The van der Waals surface area contributed by atoms with Crippen molar-refractivity contribution in [2.24, 2.45) is 5.41 Å². The van der Waals surface area contributed by atoms with Gasteiger partial charge in [-0.15, -0.1) is 0 Å². The van der Waals surface area contributed by atoms with Gasteiger partial charge in [0.25, 0.3) is 0 Å². The van der Waals surface area contributed by atoms with E-state index in [1.165, 1.54) is 53.0 Å². The first-order valence-electron chi connectivity index (χ1n) is 13.8. The summed E-state index contributed by atoms with van der Waals surface area (Å²) in [4.78, 5) is 19.1. The van der Waals surface area contributed by atoms with E-state index in [4.69, 9.17) is 11.6 Å². The second-order valence-corrected chi connectivity index (χ2v) is 13.5. The average molecular weight is 625 g/mol. The number of halogens is 4. The third-order valence-corrected chi connectivity index (χ3v) is 10.9. The van der Waals surface area contributed by atoms with Gasteiger partial charge < -0.3 is 0 Å². The molecule has 2 aromatic carbocycles. The Labute approximate surface area is 253 Å². The molecule has 0 saturated heterocycles. The Hall–Kier alpha value is -3.73. The van der Waals surface area contributed by atoms with Crippen LogP contribution in [0.2, 0.25) is 5.02 Å². The summed E-state index contributed by atoms with van der Waals surface area (Å²) >= 11 is 6.25. The molecule has 1 saturated carbocycles. The average Bonchev–Trinajstić information content (AvgIpc) is 3.40. The van der Waals surface area contributed by atoms with Gasteiger partial charge in [-0.25, -0.2) is 26.4 Å². The van der Waals surface area contributed by atoms with E-state index in [2.05, 4.69) is 16.0 Å². The lowest BCUT2D eigenvalue weighted by Crippen LogP contribution is -2.51. The molecule has 2 aliphatic rings. The molecule has 0 N–H and O–H groups in total. The number of alkyl halides is 1. The van der Waals surface area contributed by atoms with Crippen LogP contribution in [-0.4, -0.2) is 54.2 Å². The van der Waals surface area contributed by atoms with Gasteiger partial charge in [-0.05, 0) is 104 Å². The van der Waals surface area contributed by atoms with E-state index in [-0.39, 0.29) is 41.6 Å². The number of carbonyl (C=O) groups excluding carboxylic acids is 1. The molecule has 0 spiro atoms. The van der Waals surface area contributed by atoms with Crippen LogP contribution in [0.5, 0.6) is 0 Å². The molecule has 0 aliphatic heterocycles. The van der Waals surface area contributed by atoms with E-state index in [0.717, 1.165) is 16.8 Å². The van der Waals surface area contributed by atoms with Gasteiger partial charge in [0.1, 0.15) is 24.0 Å². The van der Waals surface area contributed by atoms with Crippen molar-refractivity contribution < 1.29 is 22.2 Å². The zero-order chi connectivity index (χ0) is 30.4. The second-order valence-electron chi connectivity index (χ2n) is 10.9. The Bertz CT molecular complexity index is 1820. The van der Waals surface area contributed by atoms with Crippen LogP contribution >= 0.6 is 11.6 Å². The van der Waals surface area contributed by atoms with Gasteiger partial charge in [-0.3, -0.25) is 9.78 Å². The van der Waals surface area contributed by atoms with Crippen molar-refractivity contribution in [3.63, 3.8) is 0 Å². The van der Waals surface area contributed by atoms with E-state index in [1.54, 1.807) is 29.1 Å². The minimum atomic E-state index is -3.23. The van der Waals surface area contributed by atoms with Gasteiger partial charge in [-0.1, -0.05) is 17.2 Å². The standard InChI is InChI=1S/C32H28ClF3N4O2S/c1-43(42,28-10-5-25(36)6-11-28)39(15-13-34)27-7-2-22-16-30-21(20-38-40(30)26-8-3-24(35)4-9-26)18-32(22,19-27)31(41)29-17-23(33)12-14-37-29/h3-6,8-12,14,16-17,20,27H,1-2,7,13,15,18-19H2/t27-,32-,43?/m0/s1. The highest BCUT2D eigenvalue weighted by Gasteiger charge is 2.51. The zero-order valence-electron chi connectivity index (χ0n) is 23.1. The summed E-state index contributed by atoms with van der Waals surface area (Å²) in [6.07, 6.45) is 6.55. The molecule has 4 aromatic rings. The fraction of sp³-hybridized carbons (Fsp3) is 0.250. The first kappa shape index (κ1) is 29.3. The highest BCUT2D eigenvalue weighted by molar-refractivity contribution is 7.98. The minimum absolute atomic E-state index is 0.170. The van der Waals surface area contributed by atoms with Crippen molar-refractivity contribution in [2.45, 2.75) is 36.6 Å². The minimum Gasteiger partial charge on any atom is -0.291 e. The summed E-state index contributed by atoms with van der Waals surface area (Å²) < 4.78 is 58.7. The maximum absolute atomic E-state index is 14.5. The monoisotopic (exact) mass is 624 g/mol. The Balaban J connectivity index is 1.44. The number of Topliss-reactive ketones (excluding diaryl/α,β-unsaturated/α-hetero) is 1. The number of benzene rings is 2. The predicted octanol–water partition coefficient (Wildman–Crippen LogP) is 6.52. The largest absolute Gasteiger partial charge is 0.291 e. The molecule has 6 nitrogen and oxygen atoms in total. The number of hydrogen-bond acceptors (Lipinski definition) is 4. The Morgan fingerprint density at radius 2 is 1.81 bits per heavy atom. The maximum Gasteiger partial charge on any atom is 0.191 e. The zero-order valence-corrected chi connectivity index (χ0v) is 24.6. The number of ketones is 1. The summed E-state index contributed by atoms with van der Waals surface area (Å²) in [5.41, 5.74) is 2.21. The Kier molecular flexibility index (Phi) is 7.78. The van der Waals surface area contributed by atoms with E-state index in [9.17, 15) is 22.2 Å². The first-order chi connectivity index (χ1) is 20.6. The van der Waals surface area contributed by atoms with Crippen molar-refractivity contribution >= 4 is 39.0 Å². The quantitative estimate of drug-likeness (QED) is 0.165. The summed E-state index contributed by atoms with van der Waals surface area (Å²) in [5, 5.41) is 4.92. The lowest BCUT2D eigenvalue weighted by atomic mass is 9.60. The van der Waals surface area contributed by atoms with Crippen LogP contribution in [0.15, 0.2) is 83.5 Å². The SMILES string of the molecule is C=S(=O)(c1ccc(F)cc1)N(CCF)[C@H]1CCC2=Cc3c(cnn3-c3ccc(F)cc3)C[C@]2(C(=O)c2cc(Cl)ccn2)C1. The van der Waals surface area contributed by atoms with Crippen LogP contribution in [0.3, 0.4) is 0 Å². The molecular formula is C32H28ClF3N4O2S. The summed E-state index contributed by atoms with van der Waals surface area (Å²) in [6.45, 7) is -0.949. The van der Waals surface area contributed by atoms with Gasteiger partial charge in [0.05, 0.1) is 32.7 Å². The van der Waals surface area contributed by atoms with Crippen molar-refractivity contribution in [1.82, 2.24) is 19.1 Å². The van der Waals surface area contributed by atoms with Crippen molar-refractivity contribution in [3.05, 3.63) is 112 Å². The Morgan fingerprint density at radius 1 is 1.12 bits per heavy atom. The molecule has 0 radical (unpaired) electrons. The van der Waals surface area contributed by atoms with Gasteiger partial charge in [0.2, 0.25) is 0 Å². The molecule has 222 valence electrons. The number of aromatic nitrogens is 3. The van der Waals surface area contributed by atoms with Crippen LogP contribution in [0, 0.1) is 17.0 Å². The molecule has 0 amide bonds. The molecule has 2 aliphatic carbocycles. The lowest BCUT2D eigenvalue weighted by molar-refractivity contribution is 0.0737. The maximum atomic E-state index is 14.5. The molecule has 2 heterocycles. The summed E-state index contributed by atoms with van der Waals surface area (Å²) in [7, 11) is -3.23. The third-order valence-electron chi connectivity index (χ3n) is 8.37. The molecule has 0 bridgehead atoms. The highest BCUT2D eigenvalue weighted by atomic mass is 35.5. The smallest absolute Gasteiger partial charge is 0.191 e. The number of fused-ring (bicyclic) bond motifs is 2.